The van der Waals surface area contributed by atoms with Crippen LogP contribution < -0.4 is 10.0 Å². The van der Waals surface area contributed by atoms with Gasteiger partial charge in [0.15, 0.2) is 0 Å². The molecule has 6 nitrogen and oxygen atoms in total. The van der Waals surface area contributed by atoms with E-state index in [1.807, 2.05) is 0 Å². The fourth-order valence-corrected chi connectivity index (χ4v) is 1.17. The van der Waals surface area contributed by atoms with E-state index < -0.39 is 10.9 Å². The fourth-order valence-electron chi connectivity index (χ4n) is 1.17. The highest BCUT2D eigenvalue weighted by Crippen LogP contribution is 2.27. The number of benzene rings is 1. The molecule has 0 radical (unpaired) electrons. The molecular weight excluding hydrogens is 200 g/mol. The van der Waals surface area contributed by atoms with E-state index in [1.54, 1.807) is 14.1 Å². The maximum absolute atomic E-state index is 10.7. The molecule has 0 unspecified atom stereocenters. The molecule has 80 valence electrons. The predicted molar refractivity (Wildman–Crippen MR) is 51.8 cm³/mol. The topological polar surface area (TPSA) is 86.5 Å². The van der Waals surface area contributed by atoms with Gasteiger partial charge in [-0.3, -0.25) is 10.1 Å². The average Bonchev–Trinajstić information content (AvgIpc) is 2.16. The molecule has 0 atom stereocenters. The van der Waals surface area contributed by atoms with Gasteiger partial charge in [0, 0.05) is 25.7 Å². The first-order valence-corrected chi connectivity index (χ1v) is 4.10. The smallest absolute Gasteiger partial charge is 0.293 e. The molecule has 0 fully saturated rings. The summed E-state index contributed by atoms with van der Waals surface area (Å²) in [6.45, 7) is 0. The second-order valence-corrected chi connectivity index (χ2v) is 3.14. The number of nitrogens with zero attached hydrogens (tertiary/aromatic N) is 2. The van der Waals surface area contributed by atoms with Crippen molar-refractivity contribution in [3.63, 3.8) is 0 Å². The van der Waals surface area contributed by atoms with Gasteiger partial charge in [-0.2, -0.15) is 0 Å². The van der Waals surface area contributed by atoms with Gasteiger partial charge in [0.2, 0.25) is 0 Å². The van der Waals surface area contributed by atoms with Crippen molar-refractivity contribution in [2.75, 3.05) is 19.0 Å². The van der Waals surface area contributed by atoms with Gasteiger partial charge in [0.05, 0.1) is 10.9 Å². The Labute approximate surface area is 85.9 Å². The molecule has 1 rings (SSSR count). The molecule has 0 amide bonds. The number of rotatable bonds is 3. The third-order valence-corrected chi connectivity index (χ3v) is 1.89. The van der Waals surface area contributed by atoms with Crippen molar-refractivity contribution >= 4 is 17.3 Å². The lowest BCUT2D eigenvalue weighted by Crippen LogP contribution is -2.22. The second-order valence-electron chi connectivity index (χ2n) is 3.14. The van der Waals surface area contributed by atoms with E-state index in [4.69, 9.17) is 0 Å². The van der Waals surface area contributed by atoms with Crippen LogP contribution in [-0.4, -0.2) is 25.0 Å². The second kappa shape index (κ2) is 3.95. The molecule has 6 heteroatoms. The summed E-state index contributed by atoms with van der Waals surface area (Å²) in [7, 11) is 3.28. The molecule has 0 aliphatic heterocycles. The summed E-state index contributed by atoms with van der Waals surface area (Å²) in [5.74, 6) is -1.43. The number of carboxylic acid groups (broad SMARTS) is 1. The molecule has 0 heterocycles. The van der Waals surface area contributed by atoms with E-state index in [0.717, 1.165) is 6.07 Å². The van der Waals surface area contributed by atoms with E-state index in [0.29, 0.717) is 5.69 Å². The number of hydrogen-bond donors (Lipinski definition) is 0. The van der Waals surface area contributed by atoms with Crippen LogP contribution in [0.3, 0.4) is 0 Å². The lowest BCUT2D eigenvalue weighted by atomic mass is 10.1. The Balaban J connectivity index is 3.33. The van der Waals surface area contributed by atoms with Crippen LogP contribution in [0.5, 0.6) is 0 Å². The van der Waals surface area contributed by atoms with Gasteiger partial charge in [0.1, 0.15) is 5.69 Å². The zero-order valence-corrected chi connectivity index (χ0v) is 8.26. The molecule has 0 N–H and O–H groups in total. The van der Waals surface area contributed by atoms with E-state index >= 15 is 0 Å². The maximum Gasteiger partial charge on any atom is 0.293 e. The number of nitro benzene ring substituents is 1. The van der Waals surface area contributed by atoms with Crippen molar-refractivity contribution in [1.82, 2.24) is 0 Å². The van der Waals surface area contributed by atoms with Crippen LogP contribution in [0.15, 0.2) is 18.2 Å². The van der Waals surface area contributed by atoms with E-state index in [2.05, 4.69) is 0 Å². The Morgan fingerprint density at radius 1 is 1.40 bits per heavy atom. The predicted octanol–water partition coefficient (Wildman–Crippen LogP) is 0.0243. The molecule has 0 aromatic heterocycles. The summed E-state index contributed by atoms with van der Waals surface area (Å²) in [5.41, 5.74) is -0.0981. The van der Waals surface area contributed by atoms with Crippen LogP contribution >= 0.6 is 0 Å². The minimum absolute atomic E-state index is 0.202. The van der Waals surface area contributed by atoms with Crippen LogP contribution in [0.1, 0.15) is 10.4 Å². The van der Waals surface area contributed by atoms with Crippen LogP contribution in [0.2, 0.25) is 0 Å². The van der Waals surface area contributed by atoms with Crippen LogP contribution in [0.25, 0.3) is 0 Å². The van der Waals surface area contributed by atoms with Gasteiger partial charge < -0.3 is 14.8 Å². The Bertz CT molecular complexity index is 415. The Morgan fingerprint density at radius 2 is 2.00 bits per heavy atom. The van der Waals surface area contributed by atoms with E-state index in [1.165, 1.54) is 17.0 Å². The normalized spacial score (nSPS) is 9.73. The zero-order valence-electron chi connectivity index (χ0n) is 8.26. The largest absolute Gasteiger partial charge is 0.545 e. The summed E-state index contributed by atoms with van der Waals surface area (Å²) < 4.78 is 0. The zero-order chi connectivity index (χ0) is 11.6. The summed E-state index contributed by atoms with van der Waals surface area (Å²) in [4.78, 5) is 22.1. The van der Waals surface area contributed by atoms with Gasteiger partial charge in [-0.1, -0.05) is 6.07 Å². The quantitative estimate of drug-likeness (QED) is 0.517. The van der Waals surface area contributed by atoms with E-state index in [-0.39, 0.29) is 11.3 Å². The monoisotopic (exact) mass is 209 g/mol. The number of carbonyl (C=O) groups excluding carboxylic acids is 1. The lowest BCUT2D eigenvalue weighted by Gasteiger charge is -2.13. The molecule has 0 aliphatic carbocycles. The summed E-state index contributed by atoms with van der Waals surface area (Å²) in [5, 5.41) is 21.2. The van der Waals surface area contributed by atoms with Crippen molar-refractivity contribution in [2.45, 2.75) is 0 Å². The molecule has 0 saturated carbocycles. The van der Waals surface area contributed by atoms with Gasteiger partial charge in [-0.25, -0.2) is 0 Å². The fraction of sp³-hybridized carbons (Fsp3) is 0.222. The summed E-state index contributed by atoms with van der Waals surface area (Å²) in [6.07, 6.45) is 0. The molecule has 1 aromatic rings. The molecule has 1 aromatic carbocycles. The standard InChI is InChI=1S/C9H10N2O4/c1-10(2)7-4-3-6(9(12)13)5-8(7)11(14)15/h3-5H,1-2H3,(H,12,13)/p-1. The number of carbonyl (C=O) groups is 1. The lowest BCUT2D eigenvalue weighted by molar-refractivity contribution is -0.384. The van der Waals surface area contributed by atoms with Crippen molar-refractivity contribution in [3.8, 4) is 0 Å². The Morgan fingerprint density at radius 3 is 2.40 bits per heavy atom. The van der Waals surface area contributed by atoms with Crippen LogP contribution in [-0.2, 0) is 0 Å². The van der Waals surface area contributed by atoms with Crippen molar-refractivity contribution in [2.24, 2.45) is 0 Å². The van der Waals surface area contributed by atoms with Gasteiger partial charge in [-0.15, -0.1) is 0 Å². The minimum atomic E-state index is -1.43. The van der Waals surface area contributed by atoms with Gasteiger partial charge in [-0.05, 0) is 6.07 Å². The first-order chi connectivity index (χ1) is 6.93. The highest BCUT2D eigenvalue weighted by molar-refractivity contribution is 5.88. The number of hydrogen-bond acceptors (Lipinski definition) is 5. The third-order valence-electron chi connectivity index (χ3n) is 1.89. The van der Waals surface area contributed by atoms with E-state index in [9.17, 15) is 20.0 Å². The average molecular weight is 209 g/mol. The third kappa shape index (κ3) is 2.22. The summed E-state index contributed by atoms with van der Waals surface area (Å²) >= 11 is 0. The minimum Gasteiger partial charge on any atom is -0.545 e. The molecular formula is C9H9N2O4-. The highest BCUT2D eigenvalue weighted by Gasteiger charge is 2.16. The number of aromatic carboxylic acids is 1. The first kappa shape index (κ1) is 11.0. The molecule has 0 spiro atoms. The first-order valence-electron chi connectivity index (χ1n) is 4.10. The molecule has 0 bridgehead atoms. The molecule has 0 aliphatic rings. The Kier molecular flexibility index (Phi) is 2.89. The maximum atomic E-state index is 10.7. The number of nitro groups is 1. The molecule has 15 heavy (non-hydrogen) atoms. The SMILES string of the molecule is CN(C)c1ccc(C(=O)[O-])cc1[N+](=O)[O-]. The van der Waals surface area contributed by atoms with Crippen molar-refractivity contribution < 1.29 is 14.8 Å². The Hall–Kier alpha value is -2.11. The van der Waals surface area contributed by atoms with Crippen molar-refractivity contribution in [1.29, 1.82) is 0 Å². The van der Waals surface area contributed by atoms with Crippen LogP contribution in [0, 0.1) is 10.1 Å². The number of carboxylic acids is 1. The van der Waals surface area contributed by atoms with Gasteiger partial charge in [0.25, 0.3) is 5.69 Å². The molecule has 0 saturated heterocycles. The number of anilines is 1. The van der Waals surface area contributed by atoms with Gasteiger partial charge >= 0.3 is 0 Å². The highest BCUT2D eigenvalue weighted by atomic mass is 16.6. The van der Waals surface area contributed by atoms with Crippen LogP contribution in [0.4, 0.5) is 11.4 Å². The summed E-state index contributed by atoms with van der Waals surface area (Å²) in [6, 6.07) is 3.64. The van der Waals surface area contributed by atoms with Crippen molar-refractivity contribution in [3.05, 3.63) is 33.9 Å².